The van der Waals surface area contributed by atoms with E-state index in [9.17, 15) is 14.4 Å². The molecule has 4 N–H and O–H groups in total. The highest BCUT2D eigenvalue weighted by Gasteiger charge is 2.45. The van der Waals surface area contributed by atoms with Crippen LogP contribution in [0.1, 0.15) is 73.0 Å². The van der Waals surface area contributed by atoms with Crippen LogP contribution in [0.15, 0.2) is 67.0 Å². The number of carbonyl (C=O) groups excluding carboxylic acids is 3. The van der Waals surface area contributed by atoms with Crippen LogP contribution in [-0.2, 0) is 22.5 Å². The molecule has 4 fully saturated rings. The Bertz CT molecular complexity index is 2510. The van der Waals surface area contributed by atoms with Crippen LogP contribution in [0.25, 0.3) is 16.9 Å². The van der Waals surface area contributed by atoms with Gasteiger partial charge in [-0.3, -0.25) is 29.7 Å². The second-order valence-corrected chi connectivity index (χ2v) is 18.2. The number of carbonyl (C=O) groups is 3. The summed E-state index contributed by atoms with van der Waals surface area (Å²) in [5.74, 6) is 0.470. The minimum Gasteiger partial charge on any atom is -0.385 e. The number of ether oxygens (including phenoxy) is 1. The third-order valence-corrected chi connectivity index (χ3v) is 14.0. The van der Waals surface area contributed by atoms with Gasteiger partial charge in [0.1, 0.15) is 5.69 Å². The number of rotatable bonds is 11. The summed E-state index contributed by atoms with van der Waals surface area (Å²) in [6.45, 7) is 5.15. The highest BCUT2D eigenvalue weighted by molar-refractivity contribution is 6.34. The molecule has 3 aromatic heterocycles. The Morgan fingerprint density at radius 1 is 0.984 bits per heavy atom. The number of benzene rings is 2. The molecule has 3 aliphatic heterocycles. The molecule has 63 heavy (non-hydrogen) atoms. The van der Waals surface area contributed by atoms with Crippen LogP contribution in [-0.4, -0.2) is 102 Å². The second-order valence-electron chi connectivity index (χ2n) is 17.8. The molecule has 0 atom stereocenters. The van der Waals surface area contributed by atoms with E-state index in [2.05, 4.69) is 67.7 Å². The summed E-state index contributed by atoms with van der Waals surface area (Å²) in [5.41, 5.74) is 14.8. The molecule has 0 radical (unpaired) electrons. The van der Waals surface area contributed by atoms with E-state index in [1.165, 1.54) is 66.8 Å². The minimum absolute atomic E-state index is 0.236. The number of methoxy groups -OCH3 is 1. The first-order valence-electron chi connectivity index (χ1n) is 22.1. The molecule has 4 amide bonds. The zero-order valence-electron chi connectivity index (χ0n) is 36.3. The number of primary amides is 1. The molecule has 2 aromatic carbocycles. The van der Waals surface area contributed by atoms with Crippen molar-refractivity contribution in [2.24, 2.45) is 17.1 Å². The van der Waals surface area contributed by atoms with Gasteiger partial charge in [-0.25, -0.2) is 14.3 Å². The highest BCUT2D eigenvalue weighted by atomic mass is 35.5. The zero-order valence-corrected chi connectivity index (χ0v) is 37.0. The SMILES string of the molecule is CNc1cc(N2CCc3c(-c4ccc(CN5CC6(CCC(CN(C)c7ccc(Cl)c(N8CCC(=O)NC8=O)c7)CC6)C5)cn4)cccc32)nn2c(C(N)=O)cnc12.COC1CCC1. The number of nitrogens with one attached hydrogen (secondary N) is 2. The van der Waals surface area contributed by atoms with Gasteiger partial charge in [-0.2, -0.15) is 0 Å². The van der Waals surface area contributed by atoms with E-state index in [1.54, 1.807) is 12.0 Å². The van der Waals surface area contributed by atoms with Gasteiger partial charge in [0, 0.05) is 96.1 Å². The average Bonchev–Trinajstić information content (AvgIpc) is 3.89. The summed E-state index contributed by atoms with van der Waals surface area (Å²) >= 11 is 6.50. The third kappa shape index (κ3) is 8.65. The number of aromatic nitrogens is 4. The van der Waals surface area contributed by atoms with Crippen LogP contribution < -0.4 is 31.1 Å². The molecule has 0 bridgehead atoms. The van der Waals surface area contributed by atoms with E-state index in [0.29, 0.717) is 46.2 Å². The van der Waals surface area contributed by atoms with E-state index in [-0.39, 0.29) is 18.0 Å². The van der Waals surface area contributed by atoms with E-state index in [1.807, 2.05) is 37.5 Å². The van der Waals surface area contributed by atoms with Crippen LogP contribution in [0.4, 0.5) is 33.4 Å². The fraction of sp³-hybridized carbons (Fsp3) is 0.447. The zero-order chi connectivity index (χ0) is 43.8. The summed E-state index contributed by atoms with van der Waals surface area (Å²) in [6, 6.07) is 18.0. The topological polar surface area (TPSA) is 167 Å². The van der Waals surface area contributed by atoms with Gasteiger partial charge in [-0.1, -0.05) is 29.8 Å². The van der Waals surface area contributed by atoms with Crippen molar-refractivity contribution in [2.75, 3.05) is 73.9 Å². The molecule has 10 rings (SSSR count). The van der Waals surface area contributed by atoms with Gasteiger partial charge in [0.25, 0.3) is 5.91 Å². The van der Waals surface area contributed by atoms with Gasteiger partial charge in [-0.15, -0.1) is 5.10 Å². The first kappa shape index (κ1) is 42.5. The van der Waals surface area contributed by atoms with Crippen LogP contribution in [0.3, 0.4) is 0 Å². The third-order valence-electron chi connectivity index (χ3n) is 13.7. The molecule has 6 heterocycles. The maximum atomic E-state index is 12.5. The Hall–Kier alpha value is -5.77. The van der Waals surface area contributed by atoms with Crippen LogP contribution >= 0.6 is 11.6 Å². The molecule has 2 saturated heterocycles. The number of hydrogen-bond donors (Lipinski definition) is 3. The maximum Gasteiger partial charge on any atom is 0.328 e. The number of anilines is 5. The van der Waals surface area contributed by atoms with Crippen molar-refractivity contribution in [3.8, 4) is 11.3 Å². The van der Waals surface area contributed by atoms with Crippen molar-refractivity contribution < 1.29 is 19.1 Å². The standard InChI is InChI=1S/C42H46ClN11O3.C5H10O/c1-45-33-19-37(49-54-36(39(44)56)21-47-40(33)54)52-16-12-30-29(4-3-5-34(30)52)32-9-6-27(20-46-32)23-51-24-42(25-51)14-10-26(11-15-42)22-50(2)28-7-8-31(43)35(18-28)53-17-13-38(55)48-41(53)57;1-6-5-3-2-4-5/h3-9,18-21,26,45H,10-17,22-25H2,1-2H3,(H2,44,56)(H,48,55,57);5H,2-4H2,1H3. The van der Waals surface area contributed by atoms with E-state index in [4.69, 9.17) is 32.2 Å². The molecule has 1 spiro atoms. The number of nitrogens with two attached hydrogens (primary N) is 1. The second kappa shape index (κ2) is 17.8. The lowest BCUT2D eigenvalue weighted by Gasteiger charge is -2.54. The number of amides is 4. The van der Waals surface area contributed by atoms with Crippen molar-refractivity contribution in [2.45, 2.75) is 70.4 Å². The van der Waals surface area contributed by atoms with Crippen molar-refractivity contribution in [3.63, 3.8) is 0 Å². The van der Waals surface area contributed by atoms with Crippen molar-refractivity contribution >= 4 is 63.7 Å². The Morgan fingerprint density at radius 3 is 2.44 bits per heavy atom. The summed E-state index contributed by atoms with van der Waals surface area (Å²) < 4.78 is 6.50. The first-order chi connectivity index (χ1) is 30.5. The van der Waals surface area contributed by atoms with Gasteiger partial charge in [0.15, 0.2) is 11.5 Å². The smallest absolute Gasteiger partial charge is 0.328 e. The average molecular weight is 874 g/mol. The van der Waals surface area contributed by atoms with Gasteiger partial charge in [0.05, 0.1) is 34.4 Å². The number of fused-ring (bicyclic) bond motifs is 2. The normalized spacial score (nSPS) is 18.7. The number of nitrogens with zero attached hydrogens (tertiary/aromatic N) is 8. The summed E-state index contributed by atoms with van der Waals surface area (Å²) in [5, 5.41) is 10.8. The highest BCUT2D eigenvalue weighted by Crippen LogP contribution is 2.47. The molecule has 0 unspecified atom stereocenters. The monoisotopic (exact) mass is 873 g/mol. The van der Waals surface area contributed by atoms with Gasteiger partial charge >= 0.3 is 6.03 Å². The largest absolute Gasteiger partial charge is 0.385 e. The number of pyridine rings is 1. The fourth-order valence-corrected chi connectivity index (χ4v) is 10.1. The molecule has 15 nitrogen and oxygen atoms in total. The number of imidazole rings is 1. The Kier molecular flexibility index (Phi) is 12.0. The molecule has 16 heteroatoms. The van der Waals surface area contributed by atoms with Crippen LogP contribution in [0.2, 0.25) is 5.02 Å². The predicted molar refractivity (Wildman–Crippen MR) is 246 cm³/mol. The van der Waals surface area contributed by atoms with E-state index in [0.717, 1.165) is 67.5 Å². The summed E-state index contributed by atoms with van der Waals surface area (Å²) in [7, 11) is 5.71. The number of likely N-dealkylation sites (tertiary alicyclic amines) is 1. The lowest BCUT2D eigenvalue weighted by molar-refractivity contribution is -0.120. The first-order valence-corrected chi connectivity index (χ1v) is 22.5. The van der Waals surface area contributed by atoms with Crippen molar-refractivity contribution in [3.05, 3.63) is 88.8 Å². The van der Waals surface area contributed by atoms with Gasteiger partial charge in [0.2, 0.25) is 5.91 Å². The Balaban J connectivity index is 0.000000777. The van der Waals surface area contributed by atoms with Gasteiger partial charge < -0.3 is 25.6 Å². The van der Waals surface area contributed by atoms with Crippen LogP contribution in [0.5, 0.6) is 0 Å². The molecule has 2 saturated carbocycles. The minimum atomic E-state index is -0.579. The van der Waals surface area contributed by atoms with E-state index < -0.39 is 11.9 Å². The maximum absolute atomic E-state index is 12.5. The molecular formula is C47H56ClN11O4. The number of imide groups is 1. The van der Waals surface area contributed by atoms with Crippen molar-refractivity contribution in [1.82, 2.24) is 29.8 Å². The molecule has 2 aliphatic carbocycles. The lowest BCUT2D eigenvalue weighted by Crippen LogP contribution is -2.57. The molecule has 330 valence electrons. The number of halogens is 1. The Labute approximate surface area is 372 Å². The molecular weight excluding hydrogens is 818 g/mol. The number of hydrogen-bond acceptors (Lipinski definition) is 11. The molecule has 5 aromatic rings. The Morgan fingerprint density at radius 2 is 1.78 bits per heavy atom. The van der Waals surface area contributed by atoms with Crippen LogP contribution in [0, 0.1) is 11.3 Å². The summed E-state index contributed by atoms with van der Waals surface area (Å²) in [4.78, 5) is 54.1. The predicted octanol–water partition coefficient (Wildman–Crippen LogP) is 7.04. The molecule has 5 aliphatic rings. The van der Waals surface area contributed by atoms with Gasteiger partial charge in [-0.05, 0) is 104 Å². The number of urea groups is 1. The van der Waals surface area contributed by atoms with Crippen molar-refractivity contribution in [1.29, 1.82) is 0 Å². The van der Waals surface area contributed by atoms with E-state index >= 15 is 0 Å². The lowest BCUT2D eigenvalue weighted by atomic mass is 9.65. The summed E-state index contributed by atoms with van der Waals surface area (Å²) in [6.07, 6.45) is 14.0. The quantitative estimate of drug-likeness (QED) is 0.125. The fourth-order valence-electron chi connectivity index (χ4n) is 9.93.